The van der Waals surface area contributed by atoms with E-state index < -0.39 is 21.8 Å². The van der Waals surface area contributed by atoms with Crippen LogP contribution in [0.4, 0.5) is 11.4 Å². The van der Waals surface area contributed by atoms with Gasteiger partial charge in [0.1, 0.15) is 5.70 Å². The number of benzene rings is 2. The Balaban J connectivity index is 1.79. The smallest absolute Gasteiger partial charge is 0.282 e. The first-order valence-electron chi connectivity index (χ1n) is 9.31. The standard InChI is InChI=1S/C22H19N3O4S2/c1-13-5-3-6-17(14(13)2)24-20-19(18-7-4-12-30-18)21(26)25(22(20)27)15-8-10-16(11-9-15)31(23,28)29/h3-12,24H,1-2H3,(H2,23,28,29). The minimum atomic E-state index is -3.89. The lowest BCUT2D eigenvalue weighted by molar-refractivity contribution is -0.120. The zero-order valence-electron chi connectivity index (χ0n) is 16.7. The second-order valence-electron chi connectivity index (χ2n) is 7.08. The molecule has 1 aromatic heterocycles. The van der Waals surface area contributed by atoms with Crippen LogP contribution in [-0.2, 0) is 19.6 Å². The summed E-state index contributed by atoms with van der Waals surface area (Å²) >= 11 is 1.36. The van der Waals surface area contributed by atoms with Gasteiger partial charge in [-0.1, -0.05) is 18.2 Å². The fraction of sp³-hybridized carbons (Fsp3) is 0.0909. The van der Waals surface area contributed by atoms with Crippen LogP contribution in [0.5, 0.6) is 0 Å². The summed E-state index contributed by atoms with van der Waals surface area (Å²) in [5.41, 5.74) is 3.46. The number of anilines is 2. The monoisotopic (exact) mass is 453 g/mol. The molecule has 0 unspecified atom stereocenters. The SMILES string of the molecule is Cc1cccc(NC2=C(c3cccs3)C(=O)N(c3ccc(S(N)(=O)=O)cc3)C2=O)c1C. The Morgan fingerprint density at radius 1 is 0.935 bits per heavy atom. The van der Waals surface area contributed by atoms with E-state index in [1.165, 1.54) is 35.6 Å². The van der Waals surface area contributed by atoms with E-state index in [0.717, 1.165) is 21.7 Å². The Morgan fingerprint density at radius 2 is 1.65 bits per heavy atom. The number of thiophene rings is 1. The average Bonchev–Trinajstić information content (AvgIpc) is 3.32. The molecule has 3 N–H and O–H groups in total. The molecule has 0 saturated carbocycles. The highest BCUT2D eigenvalue weighted by molar-refractivity contribution is 7.89. The van der Waals surface area contributed by atoms with Gasteiger partial charge in [-0.05, 0) is 66.8 Å². The molecule has 9 heteroatoms. The number of carbonyl (C=O) groups is 2. The van der Waals surface area contributed by atoms with Gasteiger partial charge in [-0.2, -0.15) is 0 Å². The van der Waals surface area contributed by atoms with Gasteiger partial charge < -0.3 is 5.32 Å². The van der Waals surface area contributed by atoms with Crippen molar-refractivity contribution in [3.8, 4) is 0 Å². The van der Waals surface area contributed by atoms with Gasteiger partial charge >= 0.3 is 0 Å². The van der Waals surface area contributed by atoms with Crippen molar-refractivity contribution in [3.05, 3.63) is 81.7 Å². The molecule has 2 heterocycles. The summed E-state index contributed by atoms with van der Waals surface area (Å²) in [5.74, 6) is -0.999. The van der Waals surface area contributed by atoms with Crippen molar-refractivity contribution >= 4 is 50.1 Å². The normalized spacial score (nSPS) is 14.5. The number of amides is 2. The Hall–Kier alpha value is -3.27. The molecule has 7 nitrogen and oxygen atoms in total. The predicted octanol–water partition coefficient (Wildman–Crippen LogP) is 3.41. The van der Waals surface area contributed by atoms with Crippen LogP contribution < -0.4 is 15.4 Å². The zero-order chi connectivity index (χ0) is 22.3. The number of aryl methyl sites for hydroxylation is 1. The second kappa shape index (κ2) is 7.77. The van der Waals surface area contributed by atoms with Crippen molar-refractivity contribution in [1.29, 1.82) is 0 Å². The van der Waals surface area contributed by atoms with Crippen molar-refractivity contribution in [2.45, 2.75) is 18.7 Å². The molecular weight excluding hydrogens is 434 g/mol. The molecule has 0 saturated heterocycles. The van der Waals surface area contributed by atoms with Crippen LogP contribution in [0, 0.1) is 13.8 Å². The van der Waals surface area contributed by atoms with Gasteiger partial charge in [-0.25, -0.2) is 18.5 Å². The molecule has 0 aliphatic carbocycles. The van der Waals surface area contributed by atoms with Gasteiger partial charge in [-0.15, -0.1) is 11.3 Å². The average molecular weight is 454 g/mol. The van der Waals surface area contributed by atoms with Crippen LogP contribution in [0.25, 0.3) is 5.57 Å². The van der Waals surface area contributed by atoms with Crippen LogP contribution in [0.1, 0.15) is 16.0 Å². The topological polar surface area (TPSA) is 110 Å². The predicted molar refractivity (Wildman–Crippen MR) is 121 cm³/mol. The number of sulfonamides is 1. The summed E-state index contributed by atoms with van der Waals surface area (Å²) in [6.07, 6.45) is 0. The lowest BCUT2D eigenvalue weighted by atomic mass is 10.1. The van der Waals surface area contributed by atoms with Gasteiger partial charge in [0.15, 0.2) is 0 Å². The molecular formula is C22H19N3O4S2. The summed E-state index contributed by atoms with van der Waals surface area (Å²) in [7, 11) is -3.89. The number of rotatable bonds is 5. The first kappa shape index (κ1) is 21.0. The fourth-order valence-corrected chi connectivity index (χ4v) is 4.62. The van der Waals surface area contributed by atoms with Crippen LogP contribution in [-0.4, -0.2) is 20.2 Å². The molecule has 0 fully saturated rings. The summed E-state index contributed by atoms with van der Waals surface area (Å²) in [4.78, 5) is 28.3. The number of nitrogens with zero attached hydrogens (tertiary/aromatic N) is 1. The lowest BCUT2D eigenvalue weighted by Gasteiger charge is -2.16. The van der Waals surface area contributed by atoms with E-state index >= 15 is 0 Å². The maximum Gasteiger partial charge on any atom is 0.282 e. The van der Waals surface area contributed by atoms with Crippen LogP contribution in [0.2, 0.25) is 0 Å². The number of primary sulfonamides is 1. The molecule has 2 aromatic carbocycles. The number of hydrogen-bond acceptors (Lipinski definition) is 6. The van der Waals surface area contributed by atoms with Crippen molar-refractivity contribution in [2.24, 2.45) is 5.14 Å². The van der Waals surface area contributed by atoms with Crippen molar-refractivity contribution < 1.29 is 18.0 Å². The van der Waals surface area contributed by atoms with Crippen molar-refractivity contribution in [1.82, 2.24) is 0 Å². The number of nitrogens with one attached hydrogen (secondary N) is 1. The molecule has 158 valence electrons. The first-order chi connectivity index (χ1) is 14.7. The van der Waals surface area contributed by atoms with Crippen LogP contribution >= 0.6 is 11.3 Å². The molecule has 1 aliphatic rings. The molecule has 2 amide bonds. The Kier molecular flexibility index (Phi) is 5.26. The Labute approximate surface area is 183 Å². The second-order valence-corrected chi connectivity index (χ2v) is 9.59. The van der Waals surface area contributed by atoms with Gasteiger partial charge in [0.25, 0.3) is 11.8 Å². The Morgan fingerprint density at radius 3 is 2.26 bits per heavy atom. The van der Waals surface area contributed by atoms with Crippen molar-refractivity contribution in [2.75, 3.05) is 10.2 Å². The molecule has 0 spiro atoms. The molecule has 3 aromatic rings. The van der Waals surface area contributed by atoms with E-state index in [9.17, 15) is 18.0 Å². The van der Waals surface area contributed by atoms with E-state index in [2.05, 4.69) is 5.32 Å². The molecule has 4 rings (SSSR count). The number of nitrogens with two attached hydrogens (primary N) is 1. The minimum Gasteiger partial charge on any atom is -0.350 e. The minimum absolute atomic E-state index is 0.101. The number of hydrogen-bond donors (Lipinski definition) is 2. The molecule has 0 radical (unpaired) electrons. The summed E-state index contributed by atoms with van der Waals surface area (Å²) in [6, 6.07) is 14.6. The van der Waals surface area contributed by atoms with Crippen molar-refractivity contribution in [3.63, 3.8) is 0 Å². The largest absolute Gasteiger partial charge is 0.350 e. The van der Waals surface area contributed by atoms with E-state index in [0.29, 0.717) is 4.88 Å². The van der Waals surface area contributed by atoms with Crippen LogP contribution in [0.15, 0.2) is 70.6 Å². The summed E-state index contributed by atoms with van der Waals surface area (Å²) in [5, 5.41) is 10.1. The third kappa shape index (κ3) is 3.78. The lowest BCUT2D eigenvalue weighted by Crippen LogP contribution is -2.32. The maximum atomic E-state index is 13.4. The van der Waals surface area contributed by atoms with Gasteiger partial charge in [-0.3, -0.25) is 9.59 Å². The maximum absolute atomic E-state index is 13.4. The van der Waals surface area contributed by atoms with Gasteiger partial charge in [0.05, 0.1) is 16.2 Å². The molecule has 31 heavy (non-hydrogen) atoms. The third-order valence-corrected chi connectivity index (χ3v) is 6.96. The summed E-state index contributed by atoms with van der Waals surface area (Å²) < 4.78 is 23.1. The first-order valence-corrected chi connectivity index (χ1v) is 11.7. The number of carbonyl (C=O) groups excluding carboxylic acids is 2. The van der Waals surface area contributed by atoms with E-state index in [4.69, 9.17) is 5.14 Å². The van der Waals surface area contributed by atoms with Gasteiger partial charge in [0.2, 0.25) is 10.0 Å². The number of imide groups is 1. The van der Waals surface area contributed by atoms with E-state index in [1.54, 1.807) is 6.07 Å². The highest BCUT2D eigenvalue weighted by Gasteiger charge is 2.40. The molecule has 0 bridgehead atoms. The van der Waals surface area contributed by atoms with E-state index in [-0.39, 0.29) is 21.9 Å². The Bertz CT molecular complexity index is 1330. The fourth-order valence-electron chi connectivity index (χ4n) is 3.34. The molecule has 1 aliphatic heterocycles. The highest BCUT2D eigenvalue weighted by Crippen LogP contribution is 2.36. The zero-order valence-corrected chi connectivity index (χ0v) is 18.4. The van der Waals surface area contributed by atoms with Gasteiger partial charge in [0, 0.05) is 10.6 Å². The van der Waals surface area contributed by atoms with E-state index in [1.807, 2.05) is 43.5 Å². The molecule has 0 atom stereocenters. The summed E-state index contributed by atoms with van der Waals surface area (Å²) in [6.45, 7) is 3.91. The quantitative estimate of drug-likeness (QED) is 0.576. The highest BCUT2D eigenvalue weighted by atomic mass is 32.2. The van der Waals surface area contributed by atoms with Crippen LogP contribution in [0.3, 0.4) is 0 Å². The third-order valence-electron chi connectivity index (χ3n) is 5.14.